The first-order chi connectivity index (χ1) is 14.2. The largest absolute Gasteiger partial charge is 0.487 e. The first-order valence-corrected chi connectivity index (χ1v) is 10.6. The van der Waals surface area contributed by atoms with Gasteiger partial charge in [0, 0.05) is 49.9 Å². The SMILES string of the molecule is Cc1nc(COc2ccc(C(=O)N3CCN(Cc4ccccn4)CC3)cc2)cs1. The second kappa shape index (κ2) is 9.15. The number of carbonyl (C=O) groups is 1. The molecule has 0 atom stereocenters. The van der Waals surface area contributed by atoms with Crippen LogP contribution in [0.4, 0.5) is 0 Å². The molecule has 1 amide bonds. The highest BCUT2D eigenvalue weighted by atomic mass is 32.1. The number of thiazole rings is 1. The average Bonchev–Trinajstić information content (AvgIpc) is 3.19. The number of carbonyl (C=O) groups excluding carboxylic acids is 1. The number of hydrogen-bond acceptors (Lipinski definition) is 6. The Hall–Kier alpha value is -2.77. The predicted molar refractivity (Wildman–Crippen MR) is 113 cm³/mol. The van der Waals surface area contributed by atoms with E-state index in [9.17, 15) is 4.79 Å². The summed E-state index contributed by atoms with van der Waals surface area (Å²) in [6.07, 6.45) is 1.82. The number of piperazine rings is 1. The van der Waals surface area contributed by atoms with Crippen LogP contribution < -0.4 is 4.74 Å². The summed E-state index contributed by atoms with van der Waals surface area (Å²) in [5.74, 6) is 0.816. The maximum absolute atomic E-state index is 12.8. The zero-order valence-corrected chi connectivity index (χ0v) is 17.3. The third-order valence-corrected chi connectivity index (χ3v) is 5.75. The summed E-state index contributed by atoms with van der Waals surface area (Å²) in [4.78, 5) is 25.8. The Kier molecular flexibility index (Phi) is 6.17. The Bertz CT molecular complexity index is 935. The number of benzene rings is 1. The van der Waals surface area contributed by atoms with Gasteiger partial charge in [-0.3, -0.25) is 14.7 Å². The lowest BCUT2D eigenvalue weighted by Crippen LogP contribution is -2.48. The zero-order chi connectivity index (χ0) is 20.1. The van der Waals surface area contributed by atoms with Crippen molar-refractivity contribution in [1.29, 1.82) is 0 Å². The molecule has 150 valence electrons. The second-order valence-corrected chi connectivity index (χ2v) is 8.12. The lowest BCUT2D eigenvalue weighted by atomic mass is 10.1. The average molecular weight is 409 g/mol. The number of amides is 1. The molecule has 1 aromatic carbocycles. The predicted octanol–water partition coefficient (Wildman–Crippen LogP) is 3.38. The molecule has 1 fully saturated rings. The van der Waals surface area contributed by atoms with E-state index in [1.54, 1.807) is 11.3 Å². The van der Waals surface area contributed by atoms with Crippen LogP contribution in [0, 0.1) is 6.92 Å². The van der Waals surface area contributed by atoms with Crippen LogP contribution in [0.3, 0.4) is 0 Å². The van der Waals surface area contributed by atoms with Crippen molar-refractivity contribution in [2.75, 3.05) is 26.2 Å². The third kappa shape index (κ3) is 5.19. The molecule has 1 saturated heterocycles. The monoisotopic (exact) mass is 408 g/mol. The van der Waals surface area contributed by atoms with Crippen molar-refractivity contribution in [1.82, 2.24) is 19.8 Å². The quantitative estimate of drug-likeness (QED) is 0.626. The fourth-order valence-corrected chi connectivity index (χ4v) is 3.94. The fraction of sp³-hybridized carbons (Fsp3) is 0.318. The van der Waals surface area contributed by atoms with Crippen LogP contribution in [0.15, 0.2) is 54.0 Å². The minimum absolute atomic E-state index is 0.0733. The first kappa shape index (κ1) is 19.5. The van der Waals surface area contributed by atoms with Gasteiger partial charge in [0.2, 0.25) is 0 Å². The van der Waals surface area contributed by atoms with E-state index in [2.05, 4.69) is 14.9 Å². The normalized spacial score (nSPS) is 14.7. The molecule has 29 heavy (non-hydrogen) atoms. The van der Waals surface area contributed by atoms with Crippen molar-refractivity contribution < 1.29 is 9.53 Å². The molecule has 0 radical (unpaired) electrons. The number of pyridine rings is 1. The molecule has 0 unspecified atom stereocenters. The molecule has 0 saturated carbocycles. The molecule has 0 aliphatic carbocycles. The van der Waals surface area contributed by atoms with Gasteiger partial charge >= 0.3 is 0 Å². The number of aromatic nitrogens is 2. The molecule has 0 N–H and O–H groups in total. The number of ether oxygens (including phenoxy) is 1. The highest BCUT2D eigenvalue weighted by Gasteiger charge is 2.22. The van der Waals surface area contributed by atoms with Crippen LogP contribution in [-0.4, -0.2) is 51.9 Å². The number of nitrogens with zero attached hydrogens (tertiary/aromatic N) is 4. The second-order valence-electron chi connectivity index (χ2n) is 7.06. The van der Waals surface area contributed by atoms with Crippen LogP contribution in [0.25, 0.3) is 0 Å². The van der Waals surface area contributed by atoms with Gasteiger partial charge in [0.1, 0.15) is 12.4 Å². The van der Waals surface area contributed by atoms with E-state index in [1.165, 1.54) is 0 Å². The smallest absolute Gasteiger partial charge is 0.253 e. The molecular weight excluding hydrogens is 384 g/mol. The summed E-state index contributed by atoms with van der Waals surface area (Å²) in [6, 6.07) is 13.3. The summed E-state index contributed by atoms with van der Waals surface area (Å²) < 4.78 is 5.76. The Morgan fingerprint density at radius 3 is 2.52 bits per heavy atom. The Balaban J connectivity index is 1.27. The van der Waals surface area contributed by atoms with Crippen LogP contribution in [-0.2, 0) is 13.2 Å². The van der Waals surface area contributed by atoms with Gasteiger partial charge in [0.25, 0.3) is 5.91 Å². The number of rotatable bonds is 6. The van der Waals surface area contributed by atoms with Crippen molar-refractivity contribution in [3.05, 3.63) is 76.0 Å². The first-order valence-electron chi connectivity index (χ1n) is 9.73. The van der Waals surface area contributed by atoms with Crippen LogP contribution in [0.2, 0.25) is 0 Å². The molecule has 0 spiro atoms. The lowest BCUT2D eigenvalue weighted by molar-refractivity contribution is 0.0627. The summed E-state index contributed by atoms with van der Waals surface area (Å²) in [6.45, 7) is 6.42. The molecule has 3 heterocycles. The van der Waals surface area contributed by atoms with Gasteiger partial charge < -0.3 is 9.64 Å². The summed E-state index contributed by atoms with van der Waals surface area (Å²) in [5.41, 5.74) is 2.69. The van der Waals surface area contributed by atoms with E-state index in [4.69, 9.17) is 4.74 Å². The van der Waals surface area contributed by atoms with Crippen LogP contribution in [0.5, 0.6) is 5.75 Å². The van der Waals surface area contributed by atoms with E-state index in [0.29, 0.717) is 12.2 Å². The third-order valence-electron chi connectivity index (χ3n) is 4.93. The van der Waals surface area contributed by atoms with Crippen molar-refractivity contribution in [3.8, 4) is 5.75 Å². The molecule has 3 aromatic rings. The highest BCUT2D eigenvalue weighted by Crippen LogP contribution is 2.17. The summed E-state index contributed by atoms with van der Waals surface area (Å²) in [7, 11) is 0. The maximum Gasteiger partial charge on any atom is 0.253 e. The Morgan fingerprint density at radius 2 is 1.86 bits per heavy atom. The molecule has 4 rings (SSSR count). The van der Waals surface area contributed by atoms with Crippen molar-refractivity contribution in [3.63, 3.8) is 0 Å². The van der Waals surface area contributed by atoms with Crippen LogP contribution >= 0.6 is 11.3 Å². The topological polar surface area (TPSA) is 58.6 Å². The van der Waals surface area contributed by atoms with Gasteiger partial charge in [0.05, 0.1) is 16.4 Å². The Morgan fingerprint density at radius 1 is 1.07 bits per heavy atom. The minimum atomic E-state index is 0.0733. The van der Waals surface area contributed by atoms with Gasteiger partial charge in [-0.05, 0) is 43.3 Å². The standard InChI is InChI=1S/C22H24N4O2S/c1-17-24-20(16-29-17)15-28-21-7-5-18(6-8-21)22(27)26-12-10-25(11-13-26)14-19-4-2-3-9-23-19/h2-9,16H,10-15H2,1H3. The summed E-state index contributed by atoms with van der Waals surface area (Å²) in [5, 5.41) is 3.03. The van der Waals surface area contributed by atoms with E-state index in [0.717, 1.165) is 54.9 Å². The van der Waals surface area contributed by atoms with Crippen molar-refractivity contribution in [2.45, 2.75) is 20.1 Å². The van der Waals surface area contributed by atoms with E-state index < -0.39 is 0 Å². The van der Waals surface area contributed by atoms with Gasteiger partial charge in [-0.25, -0.2) is 4.98 Å². The van der Waals surface area contributed by atoms with Crippen LogP contribution in [0.1, 0.15) is 26.8 Å². The molecule has 0 bridgehead atoms. The molecule has 2 aromatic heterocycles. The highest BCUT2D eigenvalue weighted by molar-refractivity contribution is 7.09. The molecular formula is C22H24N4O2S. The fourth-order valence-electron chi connectivity index (χ4n) is 3.34. The molecule has 6 nitrogen and oxygen atoms in total. The number of hydrogen-bond donors (Lipinski definition) is 0. The molecule has 1 aliphatic rings. The van der Waals surface area contributed by atoms with Gasteiger partial charge in [0.15, 0.2) is 0 Å². The van der Waals surface area contributed by atoms with E-state index >= 15 is 0 Å². The minimum Gasteiger partial charge on any atom is -0.487 e. The van der Waals surface area contributed by atoms with Crippen molar-refractivity contribution in [2.24, 2.45) is 0 Å². The summed E-state index contributed by atoms with van der Waals surface area (Å²) >= 11 is 1.61. The Labute approximate surface area is 174 Å². The zero-order valence-electron chi connectivity index (χ0n) is 16.5. The van der Waals surface area contributed by atoms with E-state index in [1.807, 2.05) is 65.9 Å². The van der Waals surface area contributed by atoms with Gasteiger partial charge in [-0.1, -0.05) is 6.07 Å². The maximum atomic E-state index is 12.8. The molecule has 7 heteroatoms. The number of aryl methyl sites for hydroxylation is 1. The van der Waals surface area contributed by atoms with Gasteiger partial charge in [-0.2, -0.15) is 0 Å². The van der Waals surface area contributed by atoms with E-state index in [-0.39, 0.29) is 5.91 Å². The van der Waals surface area contributed by atoms with Crippen molar-refractivity contribution >= 4 is 17.2 Å². The van der Waals surface area contributed by atoms with Gasteiger partial charge in [-0.15, -0.1) is 11.3 Å². The lowest BCUT2D eigenvalue weighted by Gasteiger charge is -2.34. The molecule has 1 aliphatic heterocycles.